The molecular weight excluding hydrogens is 369 g/mol. The molecule has 1 aromatic carbocycles. The van der Waals surface area contributed by atoms with Crippen molar-refractivity contribution in [3.8, 4) is 5.75 Å². The Kier molecular flexibility index (Phi) is 4.24. The van der Waals surface area contributed by atoms with Gasteiger partial charge in [0.1, 0.15) is 17.0 Å². The van der Waals surface area contributed by atoms with Crippen LogP contribution in [0.25, 0.3) is 0 Å². The van der Waals surface area contributed by atoms with E-state index in [1.165, 1.54) is 23.1 Å². The van der Waals surface area contributed by atoms with E-state index in [1.807, 2.05) is 0 Å². The zero-order chi connectivity index (χ0) is 16.4. The number of anilines is 2. The molecular formula is C15H11BrFN3O3. The van der Waals surface area contributed by atoms with E-state index < -0.39 is 17.6 Å². The van der Waals surface area contributed by atoms with Crippen LogP contribution in [0.5, 0.6) is 5.75 Å². The number of benzene rings is 1. The van der Waals surface area contributed by atoms with Crippen LogP contribution in [0.2, 0.25) is 0 Å². The van der Waals surface area contributed by atoms with Crippen LogP contribution in [0.4, 0.5) is 15.9 Å². The molecule has 2 aromatic rings. The molecule has 0 aliphatic carbocycles. The molecule has 0 atom stereocenters. The predicted octanol–water partition coefficient (Wildman–Crippen LogP) is 2.35. The van der Waals surface area contributed by atoms with Gasteiger partial charge in [-0.05, 0) is 40.2 Å². The van der Waals surface area contributed by atoms with Crippen molar-refractivity contribution >= 4 is 39.2 Å². The average Bonchev–Trinajstić information content (AvgIpc) is 2.52. The van der Waals surface area contributed by atoms with E-state index in [0.717, 1.165) is 0 Å². The molecule has 0 bridgehead atoms. The fraction of sp³-hybridized carbons (Fsp3) is 0.133. The van der Waals surface area contributed by atoms with Crippen molar-refractivity contribution < 1.29 is 18.7 Å². The van der Waals surface area contributed by atoms with Gasteiger partial charge in [0, 0.05) is 0 Å². The normalized spacial score (nSPS) is 13.3. The minimum absolute atomic E-state index is 0.0561. The zero-order valence-corrected chi connectivity index (χ0v) is 13.3. The Morgan fingerprint density at radius 2 is 2.13 bits per heavy atom. The first kappa shape index (κ1) is 15.4. The minimum atomic E-state index is -0.546. The van der Waals surface area contributed by atoms with Gasteiger partial charge < -0.3 is 10.1 Å². The number of nitrogens with one attached hydrogen (secondary N) is 1. The summed E-state index contributed by atoms with van der Waals surface area (Å²) in [6.45, 7) is -0.462. The standard InChI is InChI=1S/C15H11BrFN3O3/c16-12-6-5-11-15(19-12)20(14(22)8-23-11)7-13(21)18-10-4-2-1-3-9(10)17/h1-6H,7-8H2,(H,18,21). The third kappa shape index (κ3) is 3.31. The topological polar surface area (TPSA) is 71.5 Å². The van der Waals surface area contributed by atoms with Crippen LogP contribution in [-0.2, 0) is 9.59 Å². The van der Waals surface area contributed by atoms with Gasteiger partial charge in [-0.15, -0.1) is 0 Å². The number of hydrogen-bond acceptors (Lipinski definition) is 4. The van der Waals surface area contributed by atoms with Gasteiger partial charge in [0.2, 0.25) is 5.91 Å². The Morgan fingerprint density at radius 3 is 2.91 bits per heavy atom. The molecule has 0 fully saturated rings. The third-order valence-corrected chi connectivity index (χ3v) is 3.60. The second-order valence-electron chi connectivity index (χ2n) is 4.75. The van der Waals surface area contributed by atoms with Gasteiger partial charge in [-0.2, -0.15) is 0 Å². The number of para-hydroxylation sites is 1. The zero-order valence-electron chi connectivity index (χ0n) is 11.8. The molecule has 0 saturated heterocycles. The molecule has 0 spiro atoms. The summed E-state index contributed by atoms with van der Waals surface area (Å²) < 4.78 is 19.3. The number of halogens is 2. The maximum Gasteiger partial charge on any atom is 0.266 e. The summed E-state index contributed by atoms with van der Waals surface area (Å²) in [7, 11) is 0. The van der Waals surface area contributed by atoms with Gasteiger partial charge in [-0.3, -0.25) is 14.5 Å². The largest absolute Gasteiger partial charge is 0.480 e. The molecule has 23 heavy (non-hydrogen) atoms. The SMILES string of the molecule is O=C(CN1C(=O)COc2ccc(Br)nc21)Nc1ccccc1F. The molecule has 0 radical (unpaired) electrons. The van der Waals surface area contributed by atoms with Crippen LogP contribution in [0.3, 0.4) is 0 Å². The molecule has 6 nitrogen and oxygen atoms in total. The minimum Gasteiger partial charge on any atom is -0.480 e. The maximum atomic E-state index is 13.6. The van der Waals surface area contributed by atoms with Crippen LogP contribution in [0, 0.1) is 5.82 Å². The molecule has 3 rings (SSSR count). The molecule has 1 aromatic heterocycles. The highest BCUT2D eigenvalue weighted by Crippen LogP contribution is 2.31. The van der Waals surface area contributed by atoms with E-state index in [0.29, 0.717) is 10.4 Å². The summed E-state index contributed by atoms with van der Waals surface area (Å²) in [6, 6.07) is 9.13. The molecule has 8 heteroatoms. The highest BCUT2D eigenvalue weighted by molar-refractivity contribution is 9.10. The van der Waals surface area contributed by atoms with Gasteiger partial charge in [-0.1, -0.05) is 12.1 Å². The van der Waals surface area contributed by atoms with Gasteiger partial charge >= 0.3 is 0 Å². The first-order valence-corrected chi connectivity index (χ1v) is 7.48. The smallest absolute Gasteiger partial charge is 0.266 e. The van der Waals surface area contributed by atoms with Crippen LogP contribution < -0.4 is 15.0 Å². The highest BCUT2D eigenvalue weighted by Gasteiger charge is 2.29. The number of carbonyl (C=O) groups is 2. The Balaban J connectivity index is 1.80. The molecule has 2 heterocycles. The molecule has 1 aliphatic heterocycles. The first-order chi connectivity index (χ1) is 11.0. The lowest BCUT2D eigenvalue weighted by molar-refractivity contribution is -0.123. The van der Waals surface area contributed by atoms with Crippen LogP contribution >= 0.6 is 15.9 Å². The quantitative estimate of drug-likeness (QED) is 0.830. The van der Waals surface area contributed by atoms with Crippen molar-refractivity contribution in [3.05, 3.63) is 46.8 Å². The summed E-state index contributed by atoms with van der Waals surface area (Å²) in [5, 5.41) is 2.44. The third-order valence-electron chi connectivity index (χ3n) is 3.16. The summed E-state index contributed by atoms with van der Waals surface area (Å²) in [5.41, 5.74) is 0.0561. The molecule has 1 aliphatic rings. The molecule has 0 unspecified atom stereocenters. The van der Waals surface area contributed by atoms with Crippen LogP contribution in [0.1, 0.15) is 0 Å². The second-order valence-corrected chi connectivity index (χ2v) is 5.56. The second kappa shape index (κ2) is 6.33. The number of aromatic nitrogens is 1. The van der Waals surface area contributed by atoms with Gasteiger partial charge in [-0.25, -0.2) is 9.37 Å². The average molecular weight is 380 g/mol. The lowest BCUT2D eigenvalue weighted by atomic mass is 10.3. The maximum absolute atomic E-state index is 13.6. The molecule has 118 valence electrons. The van der Waals surface area contributed by atoms with Gasteiger partial charge in [0.05, 0.1) is 5.69 Å². The van der Waals surface area contributed by atoms with Crippen molar-refractivity contribution in [1.82, 2.24) is 4.98 Å². The van der Waals surface area contributed by atoms with Crippen LogP contribution in [0.15, 0.2) is 41.0 Å². The number of nitrogens with zero attached hydrogens (tertiary/aromatic N) is 2. The van der Waals surface area contributed by atoms with Crippen LogP contribution in [-0.4, -0.2) is 29.9 Å². The number of carbonyl (C=O) groups excluding carboxylic acids is 2. The van der Waals surface area contributed by atoms with Gasteiger partial charge in [0.15, 0.2) is 18.2 Å². The Bertz CT molecular complexity index is 784. The Hall–Kier alpha value is -2.48. The molecule has 2 amide bonds. The van der Waals surface area contributed by atoms with E-state index in [4.69, 9.17) is 4.74 Å². The van der Waals surface area contributed by atoms with Crippen molar-refractivity contribution in [2.24, 2.45) is 0 Å². The fourth-order valence-electron chi connectivity index (χ4n) is 2.11. The lowest BCUT2D eigenvalue weighted by Crippen LogP contribution is -2.44. The lowest BCUT2D eigenvalue weighted by Gasteiger charge is -2.27. The molecule has 1 N–H and O–H groups in total. The number of ether oxygens (including phenoxy) is 1. The first-order valence-electron chi connectivity index (χ1n) is 6.68. The molecule has 0 saturated carbocycles. The monoisotopic (exact) mass is 379 g/mol. The van der Waals surface area contributed by atoms with E-state index in [1.54, 1.807) is 18.2 Å². The van der Waals surface area contributed by atoms with E-state index >= 15 is 0 Å². The van der Waals surface area contributed by atoms with E-state index in [-0.39, 0.29) is 24.7 Å². The number of pyridine rings is 1. The summed E-state index contributed by atoms with van der Waals surface area (Å²) in [4.78, 5) is 29.5. The van der Waals surface area contributed by atoms with Crippen molar-refractivity contribution in [1.29, 1.82) is 0 Å². The van der Waals surface area contributed by atoms with Gasteiger partial charge in [0.25, 0.3) is 5.91 Å². The van der Waals surface area contributed by atoms with Crippen molar-refractivity contribution in [2.75, 3.05) is 23.4 Å². The fourth-order valence-corrected chi connectivity index (χ4v) is 2.41. The van der Waals surface area contributed by atoms with E-state index in [2.05, 4.69) is 26.2 Å². The summed E-state index contributed by atoms with van der Waals surface area (Å²) >= 11 is 3.21. The number of amides is 2. The summed E-state index contributed by atoms with van der Waals surface area (Å²) in [5.74, 6) is -0.814. The number of rotatable bonds is 3. The summed E-state index contributed by atoms with van der Waals surface area (Å²) in [6.07, 6.45) is 0. The van der Waals surface area contributed by atoms with Crippen molar-refractivity contribution in [3.63, 3.8) is 0 Å². The Labute approximate surface area is 139 Å². The number of hydrogen-bond donors (Lipinski definition) is 1. The highest BCUT2D eigenvalue weighted by atomic mass is 79.9. The Morgan fingerprint density at radius 1 is 1.35 bits per heavy atom. The number of fused-ring (bicyclic) bond motifs is 1. The van der Waals surface area contributed by atoms with E-state index in [9.17, 15) is 14.0 Å². The van der Waals surface area contributed by atoms with Crippen molar-refractivity contribution in [2.45, 2.75) is 0 Å². The predicted molar refractivity (Wildman–Crippen MR) is 84.8 cm³/mol.